The van der Waals surface area contributed by atoms with E-state index in [2.05, 4.69) is 5.32 Å². The number of para-hydroxylation sites is 1. The van der Waals surface area contributed by atoms with Gasteiger partial charge in [0, 0.05) is 12.0 Å². The molecular weight excluding hydrogens is 232 g/mol. The van der Waals surface area contributed by atoms with Gasteiger partial charge in [-0.25, -0.2) is 0 Å². The Morgan fingerprint density at radius 2 is 2.28 bits per heavy atom. The smallest absolute Gasteiger partial charge is 0.255 e. The van der Waals surface area contributed by atoms with Crippen LogP contribution >= 0.6 is 0 Å². The molecule has 2 rings (SSSR count). The van der Waals surface area contributed by atoms with Crippen LogP contribution in [0.25, 0.3) is 0 Å². The second kappa shape index (κ2) is 4.86. The van der Waals surface area contributed by atoms with Gasteiger partial charge in [0.05, 0.1) is 12.7 Å². The molecule has 0 bridgehead atoms. The standard InChI is InChI=1S/C13H18N2O3/c1-18-10-4-2-3-9(11(10)16)12(17)15-8-13(7-14)5-6-13/h2-4,16H,5-8,14H2,1H3,(H,15,17). The number of nitrogens with two attached hydrogens (primary N) is 1. The fourth-order valence-electron chi connectivity index (χ4n) is 1.86. The van der Waals surface area contributed by atoms with Gasteiger partial charge in [-0.3, -0.25) is 4.79 Å². The molecule has 0 saturated heterocycles. The number of phenols is 1. The van der Waals surface area contributed by atoms with Gasteiger partial charge in [-0.2, -0.15) is 0 Å². The van der Waals surface area contributed by atoms with Crippen LogP contribution in [0.5, 0.6) is 11.5 Å². The van der Waals surface area contributed by atoms with E-state index in [0.29, 0.717) is 18.8 Å². The summed E-state index contributed by atoms with van der Waals surface area (Å²) in [5.41, 5.74) is 5.95. The van der Waals surface area contributed by atoms with Crippen molar-refractivity contribution in [1.82, 2.24) is 5.32 Å². The van der Waals surface area contributed by atoms with Gasteiger partial charge in [-0.1, -0.05) is 6.07 Å². The monoisotopic (exact) mass is 250 g/mol. The topological polar surface area (TPSA) is 84.6 Å². The second-order valence-electron chi connectivity index (χ2n) is 4.74. The number of aromatic hydroxyl groups is 1. The number of rotatable bonds is 5. The fraction of sp³-hybridized carbons (Fsp3) is 0.462. The quantitative estimate of drug-likeness (QED) is 0.724. The number of ether oxygens (including phenoxy) is 1. The van der Waals surface area contributed by atoms with Crippen molar-refractivity contribution in [3.05, 3.63) is 23.8 Å². The lowest BCUT2D eigenvalue weighted by atomic mass is 10.1. The van der Waals surface area contributed by atoms with Crippen LogP contribution in [0, 0.1) is 5.41 Å². The Morgan fingerprint density at radius 1 is 1.56 bits per heavy atom. The summed E-state index contributed by atoms with van der Waals surface area (Å²) in [4.78, 5) is 12.0. The predicted molar refractivity (Wildman–Crippen MR) is 67.7 cm³/mol. The normalized spacial score (nSPS) is 16.1. The zero-order chi connectivity index (χ0) is 13.2. The van der Waals surface area contributed by atoms with Crippen molar-refractivity contribution in [2.75, 3.05) is 20.2 Å². The van der Waals surface area contributed by atoms with Crippen LogP contribution in [-0.4, -0.2) is 31.2 Å². The van der Waals surface area contributed by atoms with E-state index in [9.17, 15) is 9.90 Å². The van der Waals surface area contributed by atoms with Crippen molar-refractivity contribution in [2.24, 2.45) is 11.1 Å². The van der Waals surface area contributed by atoms with Gasteiger partial charge in [-0.05, 0) is 31.5 Å². The Hall–Kier alpha value is -1.75. The van der Waals surface area contributed by atoms with Crippen molar-refractivity contribution in [1.29, 1.82) is 0 Å². The van der Waals surface area contributed by atoms with Gasteiger partial charge in [-0.15, -0.1) is 0 Å². The minimum Gasteiger partial charge on any atom is -0.504 e. The molecule has 5 heteroatoms. The first-order valence-electron chi connectivity index (χ1n) is 5.96. The highest BCUT2D eigenvalue weighted by Crippen LogP contribution is 2.43. The van der Waals surface area contributed by atoms with E-state index in [4.69, 9.17) is 10.5 Å². The van der Waals surface area contributed by atoms with Crippen LogP contribution in [0.2, 0.25) is 0 Å². The average molecular weight is 250 g/mol. The Balaban J connectivity index is 2.05. The summed E-state index contributed by atoms with van der Waals surface area (Å²) in [7, 11) is 1.45. The van der Waals surface area contributed by atoms with Crippen molar-refractivity contribution >= 4 is 5.91 Å². The number of carbonyl (C=O) groups is 1. The lowest BCUT2D eigenvalue weighted by Gasteiger charge is -2.14. The van der Waals surface area contributed by atoms with Gasteiger partial charge < -0.3 is 20.9 Å². The molecule has 0 unspecified atom stereocenters. The molecular formula is C13H18N2O3. The number of phenolic OH excluding ortho intramolecular Hbond substituents is 1. The maximum Gasteiger partial charge on any atom is 0.255 e. The first-order chi connectivity index (χ1) is 8.62. The molecule has 1 aliphatic rings. The van der Waals surface area contributed by atoms with E-state index in [-0.39, 0.29) is 22.6 Å². The molecule has 98 valence electrons. The van der Waals surface area contributed by atoms with Gasteiger partial charge in [0.25, 0.3) is 5.91 Å². The number of carbonyl (C=O) groups excluding carboxylic acids is 1. The highest BCUT2D eigenvalue weighted by Gasteiger charge is 2.41. The van der Waals surface area contributed by atoms with E-state index in [1.165, 1.54) is 7.11 Å². The van der Waals surface area contributed by atoms with E-state index in [1.54, 1.807) is 18.2 Å². The molecule has 1 saturated carbocycles. The third-order valence-corrected chi connectivity index (χ3v) is 3.48. The first kappa shape index (κ1) is 12.7. The Kier molecular flexibility index (Phi) is 3.43. The van der Waals surface area contributed by atoms with E-state index in [0.717, 1.165) is 12.8 Å². The summed E-state index contributed by atoms with van der Waals surface area (Å²) < 4.78 is 4.96. The number of hydrogen-bond acceptors (Lipinski definition) is 4. The lowest BCUT2D eigenvalue weighted by Crippen LogP contribution is -2.33. The van der Waals surface area contributed by atoms with Gasteiger partial charge >= 0.3 is 0 Å². The summed E-state index contributed by atoms with van der Waals surface area (Å²) in [5.74, 6) is -0.135. The van der Waals surface area contributed by atoms with Gasteiger partial charge in [0.2, 0.25) is 0 Å². The van der Waals surface area contributed by atoms with E-state index in [1.807, 2.05) is 0 Å². The van der Waals surface area contributed by atoms with Crippen molar-refractivity contribution in [2.45, 2.75) is 12.8 Å². The maximum absolute atomic E-state index is 12.0. The van der Waals surface area contributed by atoms with E-state index < -0.39 is 0 Å². The molecule has 4 N–H and O–H groups in total. The minimum atomic E-state index is -0.300. The summed E-state index contributed by atoms with van der Waals surface area (Å²) >= 11 is 0. The molecule has 0 aliphatic heterocycles. The minimum absolute atomic E-state index is 0.0736. The molecule has 1 aromatic carbocycles. The number of nitrogens with one attached hydrogen (secondary N) is 1. The summed E-state index contributed by atoms with van der Waals surface area (Å²) in [6.07, 6.45) is 2.10. The maximum atomic E-state index is 12.0. The lowest BCUT2D eigenvalue weighted by molar-refractivity contribution is 0.0942. The molecule has 0 atom stereocenters. The molecule has 5 nitrogen and oxygen atoms in total. The summed E-state index contributed by atoms with van der Waals surface area (Å²) in [6, 6.07) is 4.84. The first-order valence-corrected chi connectivity index (χ1v) is 5.96. The third kappa shape index (κ3) is 2.41. The van der Waals surface area contributed by atoms with Crippen LogP contribution in [0.15, 0.2) is 18.2 Å². The van der Waals surface area contributed by atoms with E-state index >= 15 is 0 Å². The highest BCUT2D eigenvalue weighted by atomic mass is 16.5. The summed E-state index contributed by atoms with van der Waals surface area (Å²) in [6.45, 7) is 1.14. The molecule has 1 aliphatic carbocycles. The molecule has 0 aromatic heterocycles. The van der Waals surface area contributed by atoms with Crippen molar-refractivity contribution < 1.29 is 14.6 Å². The molecule has 1 fully saturated rings. The third-order valence-electron chi connectivity index (χ3n) is 3.48. The number of methoxy groups -OCH3 is 1. The highest BCUT2D eigenvalue weighted by molar-refractivity contribution is 5.97. The molecule has 18 heavy (non-hydrogen) atoms. The fourth-order valence-corrected chi connectivity index (χ4v) is 1.86. The number of hydrogen-bond donors (Lipinski definition) is 3. The molecule has 0 radical (unpaired) electrons. The summed E-state index contributed by atoms with van der Waals surface area (Å²) in [5, 5.41) is 12.7. The Bertz CT molecular complexity index is 456. The van der Waals surface area contributed by atoms with Crippen molar-refractivity contribution in [3.8, 4) is 11.5 Å². The van der Waals surface area contributed by atoms with Crippen LogP contribution in [0.3, 0.4) is 0 Å². The predicted octanol–water partition coefficient (Wildman–Crippen LogP) is 0.869. The number of benzene rings is 1. The zero-order valence-corrected chi connectivity index (χ0v) is 10.4. The van der Waals surface area contributed by atoms with Crippen molar-refractivity contribution in [3.63, 3.8) is 0 Å². The SMILES string of the molecule is COc1cccc(C(=O)NCC2(CN)CC2)c1O. The molecule has 0 heterocycles. The average Bonchev–Trinajstić information content (AvgIpc) is 3.17. The van der Waals surface area contributed by atoms with Crippen LogP contribution < -0.4 is 15.8 Å². The van der Waals surface area contributed by atoms with Crippen LogP contribution in [-0.2, 0) is 0 Å². The van der Waals surface area contributed by atoms with Crippen LogP contribution in [0.1, 0.15) is 23.2 Å². The molecule has 1 aromatic rings. The largest absolute Gasteiger partial charge is 0.504 e. The van der Waals surface area contributed by atoms with Gasteiger partial charge in [0.1, 0.15) is 0 Å². The Labute approximate surface area is 106 Å². The van der Waals surface area contributed by atoms with Crippen LogP contribution in [0.4, 0.5) is 0 Å². The zero-order valence-electron chi connectivity index (χ0n) is 10.4. The molecule has 1 amide bonds. The molecule has 0 spiro atoms. The second-order valence-corrected chi connectivity index (χ2v) is 4.74. The Morgan fingerprint density at radius 3 is 2.83 bits per heavy atom. The van der Waals surface area contributed by atoms with Gasteiger partial charge in [0.15, 0.2) is 11.5 Å². The number of amides is 1.